The Kier molecular flexibility index (Phi) is 4.39. The Morgan fingerprint density at radius 3 is 2.55 bits per heavy atom. The number of carboxylic acid groups (broad SMARTS) is 1. The minimum atomic E-state index is -0.974. The lowest BCUT2D eigenvalue weighted by Crippen LogP contribution is -2.42. The van der Waals surface area contributed by atoms with Gasteiger partial charge in [-0.1, -0.05) is 30.3 Å². The second kappa shape index (κ2) is 6.05. The van der Waals surface area contributed by atoms with E-state index in [1.165, 1.54) is 12.0 Å². The molecule has 2 unspecified atom stereocenters. The average Bonchev–Trinajstić information content (AvgIpc) is 2.91. The molecule has 0 radical (unpaired) electrons. The summed E-state index contributed by atoms with van der Waals surface area (Å²) in [5.74, 6) is -1.49. The number of carbonyl (C=O) groups excluding carboxylic acids is 1. The Balaban J connectivity index is 2.17. The Hall–Kier alpha value is -1.88. The minimum Gasteiger partial charge on any atom is -0.480 e. The van der Waals surface area contributed by atoms with Crippen LogP contribution in [0.1, 0.15) is 24.8 Å². The summed E-state index contributed by atoms with van der Waals surface area (Å²) in [6.45, 7) is 2.14. The molecule has 1 heterocycles. The second-order valence-electron chi connectivity index (χ2n) is 5.07. The van der Waals surface area contributed by atoms with E-state index in [2.05, 4.69) is 0 Å². The Morgan fingerprint density at radius 1 is 1.35 bits per heavy atom. The van der Waals surface area contributed by atoms with Crippen molar-refractivity contribution in [1.82, 2.24) is 4.90 Å². The van der Waals surface area contributed by atoms with E-state index in [-0.39, 0.29) is 17.9 Å². The molecule has 0 saturated carbocycles. The number of carbonyl (C=O) groups is 2. The first-order chi connectivity index (χ1) is 9.54. The zero-order valence-electron chi connectivity index (χ0n) is 11.7. The number of methoxy groups -OCH3 is 1. The van der Waals surface area contributed by atoms with Crippen molar-refractivity contribution in [1.29, 1.82) is 0 Å². The topological polar surface area (TPSA) is 66.8 Å². The van der Waals surface area contributed by atoms with Crippen LogP contribution in [0.2, 0.25) is 0 Å². The summed E-state index contributed by atoms with van der Waals surface area (Å²) in [5.41, 5.74) is 0.891. The van der Waals surface area contributed by atoms with Gasteiger partial charge in [-0.25, -0.2) is 4.79 Å². The number of ether oxygens (including phenoxy) is 1. The summed E-state index contributed by atoms with van der Waals surface area (Å²) in [5, 5.41) is 9.25. The molecule has 5 heteroatoms. The van der Waals surface area contributed by atoms with Crippen LogP contribution in [-0.2, 0) is 14.3 Å². The van der Waals surface area contributed by atoms with Gasteiger partial charge in [-0.2, -0.15) is 0 Å². The molecule has 1 N–H and O–H groups in total. The van der Waals surface area contributed by atoms with E-state index in [1.807, 2.05) is 30.3 Å². The van der Waals surface area contributed by atoms with Crippen LogP contribution in [0.15, 0.2) is 30.3 Å². The number of amides is 1. The van der Waals surface area contributed by atoms with Crippen LogP contribution in [-0.4, -0.2) is 47.7 Å². The van der Waals surface area contributed by atoms with Crippen molar-refractivity contribution in [2.75, 3.05) is 13.7 Å². The molecular formula is C15H19NO4. The number of hydrogen-bond donors (Lipinski definition) is 1. The molecule has 2 rings (SSSR count). The molecule has 1 aliphatic heterocycles. The lowest BCUT2D eigenvalue weighted by molar-refractivity contribution is -0.148. The molecule has 5 nitrogen and oxygen atoms in total. The van der Waals surface area contributed by atoms with E-state index in [9.17, 15) is 14.7 Å². The van der Waals surface area contributed by atoms with Crippen molar-refractivity contribution in [2.45, 2.75) is 31.4 Å². The van der Waals surface area contributed by atoms with Gasteiger partial charge in [0, 0.05) is 20.1 Å². The van der Waals surface area contributed by atoms with Crippen molar-refractivity contribution >= 4 is 11.9 Å². The fourth-order valence-corrected chi connectivity index (χ4v) is 2.58. The van der Waals surface area contributed by atoms with E-state index in [4.69, 9.17) is 4.74 Å². The van der Waals surface area contributed by atoms with Gasteiger partial charge in [0.1, 0.15) is 6.04 Å². The molecule has 1 aromatic carbocycles. The van der Waals surface area contributed by atoms with Crippen LogP contribution in [0.3, 0.4) is 0 Å². The maximum atomic E-state index is 12.5. The van der Waals surface area contributed by atoms with Crippen molar-refractivity contribution in [2.24, 2.45) is 0 Å². The highest BCUT2D eigenvalue weighted by Crippen LogP contribution is 2.26. The van der Waals surface area contributed by atoms with Crippen LogP contribution < -0.4 is 0 Å². The van der Waals surface area contributed by atoms with Crippen LogP contribution in [0.4, 0.5) is 0 Å². The van der Waals surface area contributed by atoms with Crippen LogP contribution >= 0.6 is 0 Å². The van der Waals surface area contributed by atoms with Crippen molar-refractivity contribution in [3.63, 3.8) is 0 Å². The third-order valence-electron chi connectivity index (χ3n) is 3.83. The summed E-state index contributed by atoms with van der Waals surface area (Å²) in [6, 6.07) is 8.59. The van der Waals surface area contributed by atoms with Crippen molar-refractivity contribution in [3.05, 3.63) is 35.9 Å². The van der Waals surface area contributed by atoms with Crippen LogP contribution in [0.5, 0.6) is 0 Å². The Bertz CT molecular complexity index is 488. The lowest BCUT2D eigenvalue weighted by atomic mass is 9.99. The summed E-state index contributed by atoms with van der Waals surface area (Å²) in [6.07, 6.45) is 0.141. The molecule has 0 bridgehead atoms. The normalized spacial score (nSPS) is 23.6. The molecule has 0 aromatic heterocycles. The largest absolute Gasteiger partial charge is 0.480 e. The number of carboxylic acids is 1. The highest BCUT2D eigenvalue weighted by Gasteiger charge is 2.41. The summed E-state index contributed by atoms with van der Waals surface area (Å²) in [7, 11) is 1.54. The molecule has 108 valence electrons. The molecule has 20 heavy (non-hydrogen) atoms. The highest BCUT2D eigenvalue weighted by atomic mass is 16.5. The Labute approximate surface area is 118 Å². The molecule has 1 aromatic rings. The third kappa shape index (κ3) is 2.82. The summed E-state index contributed by atoms with van der Waals surface area (Å²) >= 11 is 0. The van der Waals surface area contributed by atoms with Crippen LogP contribution in [0.25, 0.3) is 0 Å². The number of benzene rings is 1. The van der Waals surface area contributed by atoms with E-state index in [0.717, 1.165) is 5.56 Å². The van der Waals surface area contributed by atoms with Gasteiger partial charge in [-0.05, 0) is 12.5 Å². The van der Waals surface area contributed by atoms with Crippen LogP contribution in [0, 0.1) is 0 Å². The van der Waals surface area contributed by atoms with Gasteiger partial charge in [0.15, 0.2) is 0 Å². The monoisotopic (exact) mass is 277 g/mol. The molecule has 0 aliphatic carbocycles. The SMILES string of the molecule is COC1CC(C(=O)O)N(C(=O)[C@@H](C)c2ccccc2)C1. The molecule has 1 saturated heterocycles. The van der Waals surface area contributed by atoms with E-state index >= 15 is 0 Å². The molecule has 1 fully saturated rings. The van der Waals surface area contributed by atoms with Gasteiger partial charge in [0.25, 0.3) is 0 Å². The van der Waals surface area contributed by atoms with E-state index in [1.54, 1.807) is 6.92 Å². The maximum Gasteiger partial charge on any atom is 0.326 e. The zero-order valence-corrected chi connectivity index (χ0v) is 11.7. The number of aliphatic carboxylic acids is 1. The Morgan fingerprint density at radius 2 is 2.00 bits per heavy atom. The molecule has 0 spiro atoms. The van der Waals surface area contributed by atoms with Gasteiger partial charge in [-0.15, -0.1) is 0 Å². The third-order valence-corrected chi connectivity index (χ3v) is 3.83. The predicted molar refractivity (Wildman–Crippen MR) is 73.4 cm³/mol. The molecule has 1 aliphatic rings. The fourth-order valence-electron chi connectivity index (χ4n) is 2.58. The van der Waals surface area contributed by atoms with E-state index < -0.39 is 12.0 Å². The van der Waals surface area contributed by atoms with Crippen molar-refractivity contribution < 1.29 is 19.4 Å². The lowest BCUT2D eigenvalue weighted by Gasteiger charge is -2.25. The van der Waals surface area contributed by atoms with Gasteiger partial charge in [0.2, 0.25) is 5.91 Å². The van der Waals surface area contributed by atoms with Gasteiger partial charge in [-0.3, -0.25) is 4.79 Å². The van der Waals surface area contributed by atoms with Gasteiger partial charge >= 0.3 is 5.97 Å². The summed E-state index contributed by atoms with van der Waals surface area (Å²) in [4.78, 5) is 25.2. The molecule has 1 amide bonds. The number of hydrogen-bond acceptors (Lipinski definition) is 3. The van der Waals surface area contributed by atoms with E-state index in [0.29, 0.717) is 13.0 Å². The molecular weight excluding hydrogens is 258 g/mol. The first kappa shape index (κ1) is 14.5. The maximum absolute atomic E-state index is 12.5. The first-order valence-electron chi connectivity index (χ1n) is 6.65. The van der Waals surface area contributed by atoms with Gasteiger partial charge in [0.05, 0.1) is 12.0 Å². The number of likely N-dealkylation sites (tertiary alicyclic amines) is 1. The first-order valence-corrected chi connectivity index (χ1v) is 6.65. The van der Waals surface area contributed by atoms with Crippen molar-refractivity contribution in [3.8, 4) is 0 Å². The fraction of sp³-hybridized carbons (Fsp3) is 0.467. The quantitative estimate of drug-likeness (QED) is 0.905. The number of rotatable bonds is 4. The zero-order chi connectivity index (χ0) is 14.7. The predicted octanol–water partition coefficient (Wildman–Crippen LogP) is 1.49. The average molecular weight is 277 g/mol. The standard InChI is InChI=1S/C15H19NO4/c1-10(11-6-4-3-5-7-11)14(17)16-9-12(20-2)8-13(16)15(18)19/h3-7,10,12-13H,8-9H2,1-2H3,(H,18,19)/t10-,12?,13?/m0/s1. The second-order valence-corrected chi connectivity index (χ2v) is 5.07. The van der Waals surface area contributed by atoms with Gasteiger partial charge < -0.3 is 14.7 Å². The minimum absolute atomic E-state index is 0.164. The summed E-state index contributed by atoms with van der Waals surface area (Å²) < 4.78 is 5.20. The number of nitrogens with zero attached hydrogens (tertiary/aromatic N) is 1. The highest BCUT2D eigenvalue weighted by molar-refractivity contribution is 5.88. The smallest absolute Gasteiger partial charge is 0.326 e. The molecule has 3 atom stereocenters.